The van der Waals surface area contributed by atoms with Crippen molar-refractivity contribution >= 4 is 0 Å². The average molecular weight is 284 g/mol. The molecule has 0 nitrogen and oxygen atoms in total. The van der Waals surface area contributed by atoms with Gasteiger partial charge in [-0.25, -0.2) is 0 Å². The van der Waals surface area contributed by atoms with Crippen molar-refractivity contribution in [1.82, 2.24) is 0 Å². The number of hydrogen-bond donors (Lipinski definition) is 0. The van der Waals surface area contributed by atoms with Gasteiger partial charge in [-0.1, -0.05) is 49.5 Å². The van der Waals surface area contributed by atoms with E-state index >= 15 is 0 Å². The molecule has 5 atom stereocenters. The second-order valence-electron chi connectivity index (χ2n) is 8.58. The lowest BCUT2D eigenvalue weighted by atomic mass is 9.71. The topological polar surface area (TPSA) is 0 Å². The quantitative estimate of drug-likeness (QED) is 0.544. The SMILES string of the molecule is CCCC1CC=C(C2CCC(C3C4CC43)=C(C)C2)CC1C. The van der Waals surface area contributed by atoms with Crippen LogP contribution < -0.4 is 0 Å². The molecule has 4 aliphatic rings. The van der Waals surface area contributed by atoms with E-state index in [4.69, 9.17) is 0 Å². The highest BCUT2D eigenvalue weighted by Crippen LogP contribution is 2.72. The summed E-state index contributed by atoms with van der Waals surface area (Å²) < 4.78 is 0. The molecule has 0 saturated heterocycles. The summed E-state index contributed by atoms with van der Waals surface area (Å²) in [5.74, 6) is 6.15. The lowest BCUT2D eigenvalue weighted by molar-refractivity contribution is 0.300. The summed E-state index contributed by atoms with van der Waals surface area (Å²) in [6, 6.07) is 0. The van der Waals surface area contributed by atoms with E-state index in [-0.39, 0.29) is 0 Å². The van der Waals surface area contributed by atoms with E-state index in [1.807, 2.05) is 11.1 Å². The summed E-state index contributed by atoms with van der Waals surface area (Å²) in [5, 5.41) is 0. The first-order chi connectivity index (χ1) is 10.2. The van der Waals surface area contributed by atoms with Crippen LogP contribution in [0.5, 0.6) is 0 Å². The fourth-order valence-corrected chi connectivity index (χ4v) is 5.47. The van der Waals surface area contributed by atoms with Crippen LogP contribution in [-0.2, 0) is 0 Å². The van der Waals surface area contributed by atoms with Crippen molar-refractivity contribution < 1.29 is 0 Å². The van der Waals surface area contributed by atoms with Gasteiger partial charge in [-0.05, 0) is 81.0 Å². The predicted molar refractivity (Wildman–Crippen MR) is 90.0 cm³/mol. The van der Waals surface area contributed by atoms with E-state index in [0.717, 1.165) is 35.5 Å². The second-order valence-corrected chi connectivity index (χ2v) is 8.58. The maximum absolute atomic E-state index is 2.65. The first kappa shape index (κ1) is 14.1. The van der Waals surface area contributed by atoms with Crippen molar-refractivity contribution in [2.45, 2.75) is 72.1 Å². The standard InChI is InChI=1S/C21H32/c1-4-5-15-6-7-16(10-13(15)2)17-8-9-18(14(3)11-17)21-19-12-20(19)21/h7,13,15,17,19-21H,4-6,8-12H2,1-3H3. The van der Waals surface area contributed by atoms with Gasteiger partial charge in [-0.15, -0.1) is 0 Å². The van der Waals surface area contributed by atoms with Crippen molar-refractivity contribution in [3.05, 3.63) is 22.8 Å². The van der Waals surface area contributed by atoms with Crippen LogP contribution in [0.4, 0.5) is 0 Å². The highest BCUT2D eigenvalue weighted by molar-refractivity contribution is 5.34. The second kappa shape index (κ2) is 5.28. The molecule has 0 aliphatic heterocycles. The Morgan fingerprint density at radius 2 is 2.00 bits per heavy atom. The monoisotopic (exact) mass is 284 g/mol. The zero-order chi connectivity index (χ0) is 14.6. The van der Waals surface area contributed by atoms with Crippen molar-refractivity contribution in [3.63, 3.8) is 0 Å². The molecule has 4 rings (SSSR count). The average Bonchev–Trinajstić information content (AvgIpc) is 3.35. The van der Waals surface area contributed by atoms with Gasteiger partial charge in [0.15, 0.2) is 0 Å². The van der Waals surface area contributed by atoms with E-state index in [1.54, 1.807) is 12.0 Å². The first-order valence-corrected chi connectivity index (χ1v) is 9.56. The third-order valence-electron chi connectivity index (χ3n) is 7.17. The molecule has 0 aromatic heterocycles. The van der Waals surface area contributed by atoms with Crippen LogP contribution in [0.25, 0.3) is 0 Å². The molecule has 2 saturated carbocycles. The molecule has 0 aromatic rings. The Kier molecular flexibility index (Phi) is 3.55. The summed E-state index contributed by atoms with van der Waals surface area (Å²) in [6.45, 7) is 7.29. The Morgan fingerprint density at radius 3 is 2.57 bits per heavy atom. The first-order valence-electron chi connectivity index (χ1n) is 9.56. The van der Waals surface area contributed by atoms with Gasteiger partial charge in [0.25, 0.3) is 0 Å². The van der Waals surface area contributed by atoms with Gasteiger partial charge in [-0.3, -0.25) is 0 Å². The number of allylic oxidation sites excluding steroid dienone is 4. The largest absolute Gasteiger partial charge is 0.0847 e. The van der Waals surface area contributed by atoms with Gasteiger partial charge in [0.2, 0.25) is 0 Å². The van der Waals surface area contributed by atoms with E-state index in [0.29, 0.717) is 0 Å². The van der Waals surface area contributed by atoms with Crippen LogP contribution >= 0.6 is 0 Å². The van der Waals surface area contributed by atoms with E-state index in [2.05, 4.69) is 26.8 Å². The number of hydrogen-bond acceptors (Lipinski definition) is 0. The molecule has 5 unspecified atom stereocenters. The van der Waals surface area contributed by atoms with Gasteiger partial charge >= 0.3 is 0 Å². The normalized spacial score (nSPS) is 45.2. The van der Waals surface area contributed by atoms with Gasteiger partial charge in [-0.2, -0.15) is 0 Å². The van der Waals surface area contributed by atoms with Crippen molar-refractivity contribution in [3.8, 4) is 0 Å². The summed E-state index contributed by atoms with van der Waals surface area (Å²) in [6.07, 6.45) is 14.0. The van der Waals surface area contributed by atoms with E-state index in [9.17, 15) is 0 Å². The molecule has 0 bridgehead atoms. The Labute approximate surface area is 131 Å². The molecule has 21 heavy (non-hydrogen) atoms. The predicted octanol–water partition coefficient (Wildman–Crippen LogP) is 6.14. The van der Waals surface area contributed by atoms with Crippen LogP contribution in [-0.4, -0.2) is 0 Å². The molecule has 0 heteroatoms. The summed E-state index contributed by atoms with van der Waals surface area (Å²) >= 11 is 0. The number of rotatable bonds is 4. The molecule has 0 aromatic carbocycles. The highest BCUT2D eigenvalue weighted by atomic mass is 14.7. The van der Waals surface area contributed by atoms with Crippen LogP contribution in [0.2, 0.25) is 0 Å². The smallest absolute Gasteiger partial charge is 0.0138 e. The Balaban J connectivity index is 1.40. The lowest BCUT2D eigenvalue weighted by Gasteiger charge is -2.35. The molecule has 0 N–H and O–H groups in total. The Morgan fingerprint density at radius 1 is 1.19 bits per heavy atom. The van der Waals surface area contributed by atoms with E-state index in [1.165, 1.54) is 44.9 Å². The number of fused-ring (bicyclic) bond motifs is 1. The third-order valence-corrected chi connectivity index (χ3v) is 7.17. The van der Waals surface area contributed by atoms with Crippen molar-refractivity contribution in [2.75, 3.05) is 0 Å². The third kappa shape index (κ3) is 2.53. The zero-order valence-corrected chi connectivity index (χ0v) is 14.2. The maximum Gasteiger partial charge on any atom is -0.0138 e. The molecule has 116 valence electrons. The molecule has 4 aliphatic carbocycles. The van der Waals surface area contributed by atoms with Crippen LogP contribution in [0.1, 0.15) is 72.1 Å². The Hall–Kier alpha value is -0.520. The molecular weight excluding hydrogens is 252 g/mol. The summed E-state index contributed by atoms with van der Waals surface area (Å²) in [4.78, 5) is 0. The molecule has 0 radical (unpaired) electrons. The van der Waals surface area contributed by atoms with Gasteiger partial charge < -0.3 is 0 Å². The minimum atomic E-state index is 0.897. The minimum Gasteiger partial charge on any atom is -0.0847 e. The fraction of sp³-hybridized carbons (Fsp3) is 0.810. The van der Waals surface area contributed by atoms with Crippen LogP contribution in [0, 0.1) is 35.5 Å². The maximum atomic E-state index is 2.65. The molecular formula is C21H32. The minimum absolute atomic E-state index is 0.897. The molecule has 0 amide bonds. The van der Waals surface area contributed by atoms with Gasteiger partial charge in [0.1, 0.15) is 0 Å². The lowest BCUT2D eigenvalue weighted by Crippen LogP contribution is -2.22. The molecule has 0 heterocycles. The molecule has 0 spiro atoms. The summed E-state index contributed by atoms with van der Waals surface area (Å²) in [5.41, 5.74) is 5.52. The highest BCUT2D eigenvalue weighted by Gasteiger charge is 2.65. The summed E-state index contributed by atoms with van der Waals surface area (Å²) in [7, 11) is 0. The van der Waals surface area contributed by atoms with Gasteiger partial charge in [0, 0.05) is 0 Å². The fourth-order valence-electron chi connectivity index (χ4n) is 5.47. The Bertz CT molecular complexity index is 472. The van der Waals surface area contributed by atoms with E-state index < -0.39 is 0 Å². The van der Waals surface area contributed by atoms with Crippen molar-refractivity contribution in [1.29, 1.82) is 0 Å². The zero-order valence-electron chi connectivity index (χ0n) is 14.2. The van der Waals surface area contributed by atoms with Crippen LogP contribution in [0.3, 0.4) is 0 Å². The molecule has 2 fully saturated rings. The van der Waals surface area contributed by atoms with Gasteiger partial charge in [0.05, 0.1) is 0 Å². The van der Waals surface area contributed by atoms with Crippen LogP contribution in [0.15, 0.2) is 22.8 Å². The van der Waals surface area contributed by atoms with Crippen molar-refractivity contribution in [2.24, 2.45) is 35.5 Å².